The summed E-state index contributed by atoms with van der Waals surface area (Å²) in [5.74, 6) is 0.369. The molecule has 6 heteroatoms. The maximum absolute atomic E-state index is 12.5. The van der Waals surface area contributed by atoms with Crippen molar-refractivity contribution < 1.29 is 8.42 Å². The van der Waals surface area contributed by atoms with E-state index in [4.69, 9.17) is 11.6 Å². The van der Waals surface area contributed by atoms with Gasteiger partial charge in [-0.3, -0.25) is 0 Å². The molecular formula is C15H15BrClNO2S. The van der Waals surface area contributed by atoms with Gasteiger partial charge < -0.3 is 0 Å². The molecule has 0 fully saturated rings. The molecule has 0 radical (unpaired) electrons. The number of hydrogen-bond acceptors (Lipinski definition) is 2. The lowest BCUT2D eigenvalue weighted by molar-refractivity contribution is 0.466. The second-order valence-corrected chi connectivity index (χ2v) is 7.90. The van der Waals surface area contributed by atoms with Crippen LogP contribution in [0.15, 0.2) is 57.9 Å². The SMILES string of the molecule is CN(Cc1cccc(Br)c1)S(=O)(=O)c1ccc(CCl)cc1. The Morgan fingerprint density at radius 1 is 1.10 bits per heavy atom. The summed E-state index contributed by atoms with van der Waals surface area (Å²) in [6, 6.07) is 14.2. The Hall–Kier alpha value is -0.880. The standard InChI is InChI=1S/C15H15BrClNO2S/c1-18(11-13-3-2-4-14(16)9-13)21(19,20)15-7-5-12(10-17)6-8-15/h2-9H,10-11H2,1H3. The summed E-state index contributed by atoms with van der Waals surface area (Å²) in [7, 11) is -1.92. The molecule has 0 amide bonds. The molecule has 2 aromatic carbocycles. The van der Waals surface area contributed by atoms with E-state index in [1.807, 2.05) is 24.3 Å². The van der Waals surface area contributed by atoms with Gasteiger partial charge in [0.1, 0.15) is 0 Å². The van der Waals surface area contributed by atoms with Gasteiger partial charge in [-0.05, 0) is 35.4 Å². The Morgan fingerprint density at radius 2 is 1.76 bits per heavy atom. The van der Waals surface area contributed by atoms with E-state index in [1.165, 1.54) is 4.31 Å². The molecule has 0 atom stereocenters. The minimum absolute atomic E-state index is 0.272. The summed E-state index contributed by atoms with van der Waals surface area (Å²) in [4.78, 5) is 0.272. The van der Waals surface area contributed by atoms with Crippen LogP contribution >= 0.6 is 27.5 Å². The summed E-state index contributed by atoms with van der Waals surface area (Å²) in [5.41, 5.74) is 1.82. The maximum atomic E-state index is 12.5. The van der Waals surface area contributed by atoms with Crippen molar-refractivity contribution in [3.63, 3.8) is 0 Å². The number of rotatable bonds is 5. The largest absolute Gasteiger partial charge is 0.243 e. The van der Waals surface area contributed by atoms with Gasteiger partial charge in [-0.1, -0.05) is 40.2 Å². The first-order valence-corrected chi connectivity index (χ1v) is 9.06. The lowest BCUT2D eigenvalue weighted by Crippen LogP contribution is -2.26. The van der Waals surface area contributed by atoms with Crippen molar-refractivity contribution in [1.29, 1.82) is 0 Å². The van der Waals surface area contributed by atoms with Crippen molar-refractivity contribution in [3.8, 4) is 0 Å². The first-order valence-electron chi connectivity index (χ1n) is 6.29. The quantitative estimate of drug-likeness (QED) is 0.726. The van der Waals surface area contributed by atoms with Crippen molar-refractivity contribution in [1.82, 2.24) is 4.31 Å². The van der Waals surface area contributed by atoms with Gasteiger partial charge >= 0.3 is 0 Å². The first kappa shape index (κ1) is 16.5. The zero-order chi connectivity index (χ0) is 15.5. The molecule has 0 N–H and O–H groups in total. The average molecular weight is 389 g/mol. The zero-order valence-corrected chi connectivity index (χ0v) is 14.6. The molecule has 2 rings (SSSR count). The summed E-state index contributed by atoms with van der Waals surface area (Å²) in [6.07, 6.45) is 0. The number of sulfonamides is 1. The third-order valence-corrected chi connectivity index (χ3v) is 5.70. The first-order chi connectivity index (χ1) is 9.93. The van der Waals surface area contributed by atoms with Crippen LogP contribution in [0.3, 0.4) is 0 Å². The molecule has 3 nitrogen and oxygen atoms in total. The molecule has 112 valence electrons. The molecule has 0 spiro atoms. The van der Waals surface area contributed by atoms with E-state index in [1.54, 1.807) is 31.3 Å². The smallest absolute Gasteiger partial charge is 0.207 e. The monoisotopic (exact) mass is 387 g/mol. The Bertz CT molecular complexity index is 717. The van der Waals surface area contributed by atoms with E-state index < -0.39 is 10.0 Å². The minimum atomic E-state index is -3.50. The highest BCUT2D eigenvalue weighted by Crippen LogP contribution is 2.19. The summed E-state index contributed by atoms with van der Waals surface area (Å²) >= 11 is 9.10. The van der Waals surface area contributed by atoms with E-state index >= 15 is 0 Å². The van der Waals surface area contributed by atoms with Crippen LogP contribution < -0.4 is 0 Å². The second kappa shape index (κ2) is 6.92. The second-order valence-electron chi connectivity index (χ2n) is 4.67. The van der Waals surface area contributed by atoms with Crippen molar-refractivity contribution >= 4 is 37.6 Å². The van der Waals surface area contributed by atoms with Crippen molar-refractivity contribution in [2.75, 3.05) is 7.05 Å². The summed E-state index contributed by atoms with van der Waals surface area (Å²) < 4.78 is 27.3. The fourth-order valence-electron chi connectivity index (χ4n) is 1.91. The summed E-state index contributed by atoms with van der Waals surface area (Å²) in [6.45, 7) is 0.318. The fraction of sp³-hybridized carbons (Fsp3) is 0.200. The maximum Gasteiger partial charge on any atom is 0.243 e. The molecule has 0 aliphatic rings. The molecule has 21 heavy (non-hydrogen) atoms. The van der Waals surface area contributed by atoms with Crippen LogP contribution in [0.5, 0.6) is 0 Å². The third-order valence-electron chi connectivity index (χ3n) is 3.08. The van der Waals surface area contributed by atoms with Crippen LogP contribution in [0.2, 0.25) is 0 Å². The van der Waals surface area contributed by atoms with Crippen LogP contribution in [-0.4, -0.2) is 19.8 Å². The lowest BCUT2D eigenvalue weighted by Gasteiger charge is -2.17. The molecule has 0 saturated carbocycles. The topological polar surface area (TPSA) is 37.4 Å². The zero-order valence-electron chi connectivity index (χ0n) is 11.5. The van der Waals surface area contributed by atoms with E-state index in [0.29, 0.717) is 12.4 Å². The van der Waals surface area contributed by atoms with E-state index in [0.717, 1.165) is 15.6 Å². The van der Waals surface area contributed by atoms with E-state index in [-0.39, 0.29) is 4.90 Å². The normalized spacial score (nSPS) is 11.8. The Labute approximate surface area is 138 Å². The fourth-order valence-corrected chi connectivity index (χ4v) is 3.69. The van der Waals surface area contributed by atoms with Gasteiger partial charge in [0.2, 0.25) is 10.0 Å². The van der Waals surface area contributed by atoms with Crippen LogP contribution in [0, 0.1) is 0 Å². The van der Waals surface area contributed by atoms with Gasteiger partial charge in [0.15, 0.2) is 0 Å². The molecule has 0 heterocycles. The van der Waals surface area contributed by atoms with Gasteiger partial charge in [-0.25, -0.2) is 8.42 Å². The highest BCUT2D eigenvalue weighted by atomic mass is 79.9. The minimum Gasteiger partial charge on any atom is -0.207 e. The van der Waals surface area contributed by atoms with Gasteiger partial charge in [0.05, 0.1) is 4.90 Å². The predicted octanol–water partition coefficient (Wildman–Crippen LogP) is 4.01. The Morgan fingerprint density at radius 3 is 2.33 bits per heavy atom. The molecule has 0 aromatic heterocycles. The predicted molar refractivity (Wildman–Crippen MR) is 88.8 cm³/mol. The molecule has 0 aliphatic carbocycles. The third kappa shape index (κ3) is 4.07. The lowest BCUT2D eigenvalue weighted by atomic mass is 10.2. The van der Waals surface area contributed by atoms with Crippen LogP contribution in [0.4, 0.5) is 0 Å². The van der Waals surface area contributed by atoms with Gasteiger partial charge in [0, 0.05) is 23.9 Å². The summed E-state index contributed by atoms with van der Waals surface area (Å²) in [5, 5.41) is 0. The average Bonchev–Trinajstić information content (AvgIpc) is 2.47. The number of nitrogens with zero attached hydrogens (tertiary/aromatic N) is 1. The van der Waals surface area contributed by atoms with Crippen LogP contribution in [0.25, 0.3) is 0 Å². The van der Waals surface area contributed by atoms with Crippen LogP contribution in [-0.2, 0) is 22.4 Å². The van der Waals surface area contributed by atoms with Gasteiger partial charge in [-0.15, -0.1) is 11.6 Å². The highest BCUT2D eigenvalue weighted by molar-refractivity contribution is 9.10. The van der Waals surface area contributed by atoms with Crippen molar-refractivity contribution in [3.05, 3.63) is 64.1 Å². The van der Waals surface area contributed by atoms with Crippen molar-refractivity contribution in [2.24, 2.45) is 0 Å². The van der Waals surface area contributed by atoms with E-state index in [2.05, 4.69) is 15.9 Å². The molecule has 2 aromatic rings. The van der Waals surface area contributed by atoms with Gasteiger partial charge in [-0.2, -0.15) is 4.31 Å². The number of hydrogen-bond donors (Lipinski definition) is 0. The number of alkyl halides is 1. The number of benzene rings is 2. The Kier molecular flexibility index (Phi) is 5.43. The number of halogens is 2. The molecule has 0 unspecified atom stereocenters. The van der Waals surface area contributed by atoms with Crippen molar-refractivity contribution in [2.45, 2.75) is 17.3 Å². The molecular weight excluding hydrogens is 374 g/mol. The molecule has 0 bridgehead atoms. The highest BCUT2D eigenvalue weighted by Gasteiger charge is 2.20. The Balaban J connectivity index is 2.21. The molecule has 0 saturated heterocycles. The van der Waals surface area contributed by atoms with E-state index in [9.17, 15) is 8.42 Å². The van der Waals surface area contributed by atoms with Gasteiger partial charge in [0.25, 0.3) is 0 Å². The molecule has 0 aliphatic heterocycles. The van der Waals surface area contributed by atoms with Crippen LogP contribution in [0.1, 0.15) is 11.1 Å².